The molecule has 1 fully saturated rings. The molecule has 2 heteroatoms. The van der Waals surface area contributed by atoms with Crippen molar-refractivity contribution in [2.45, 2.75) is 58.4 Å². The number of hydrogen-bond donors (Lipinski definition) is 1. The first-order valence-electron chi connectivity index (χ1n) is 6.82. The largest absolute Gasteiger partial charge is 0.314 e. The minimum Gasteiger partial charge on any atom is -0.314 e. The van der Waals surface area contributed by atoms with E-state index in [0.29, 0.717) is 0 Å². The second-order valence-corrected chi connectivity index (χ2v) is 4.78. The lowest BCUT2D eigenvalue weighted by molar-refractivity contribution is 0.195. The van der Waals surface area contributed by atoms with Gasteiger partial charge in [0.15, 0.2) is 0 Å². The summed E-state index contributed by atoms with van der Waals surface area (Å²) in [6, 6.07) is 0.798. The van der Waals surface area contributed by atoms with Gasteiger partial charge in [-0.1, -0.05) is 26.7 Å². The molecule has 0 aliphatic carbocycles. The van der Waals surface area contributed by atoms with Crippen molar-refractivity contribution in [3.05, 3.63) is 0 Å². The fraction of sp³-hybridized carbons (Fsp3) is 1.00. The lowest BCUT2D eigenvalue weighted by atomic mass is 10.0. The first kappa shape index (κ1) is 13.0. The average Bonchev–Trinajstić information content (AvgIpc) is 2.28. The normalized spacial score (nSPS) is 19.6. The van der Waals surface area contributed by atoms with Crippen LogP contribution in [0.15, 0.2) is 0 Å². The van der Waals surface area contributed by atoms with Crippen LogP contribution in [0.25, 0.3) is 0 Å². The number of hydrogen-bond acceptors (Lipinski definition) is 2. The van der Waals surface area contributed by atoms with Gasteiger partial charge in [-0.05, 0) is 51.9 Å². The quantitative estimate of drug-likeness (QED) is 0.653. The Bertz CT molecular complexity index is 139. The third kappa shape index (κ3) is 5.53. The predicted molar refractivity (Wildman–Crippen MR) is 67.3 cm³/mol. The van der Waals surface area contributed by atoms with Gasteiger partial charge >= 0.3 is 0 Å². The number of piperidine rings is 1. The molecule has 90 valence electrons. The van der Waals surface area contributed by atoms with E-state index in [4.69, 9.17) is 0 Å². The summed E-state index contributed by atoms with van der Waals surface area (Å²) in [6.45, 7) is 9.67. The Kier molecular flexibility index (Phi) is 7.03. The molecule has 1 aliphatic rings. The summed E-state index contributed by atoms with van der Waals surface area (Å²) in [7, 11) is 0. The summed E-state index contributed by atoms with van der Waals surface area (Å²) in [6.07, 6.45) is 8.10. The molecule has 1 heterocycles. The Morgan fingerprint density at radius 1 is 1.07 bits per heavy atom. The first-order valence-corrected chi connectivity index (χ1v) is 6.82. The van der Waals surface area contributed by atoms with E-state index in [0.717, 1.165) is 6.04 Å². The number of nitrogens with one attached hydrogen (secondary N) is 1. The van der Waals surface area contributed by atoms with Gasteiger partial charge in [-0.2, -0.15) is 0 Å². The molecule has 0 aromatic carbocycles. The maximum Gasteiger partial charge on any atom is 0.00914 e. The van der Waals surface area contributed by atoms with Crippen molar-refractivity contribution in [3.8, 4) is 0 Å². The Morgan fingerprint density at radius 2 is 1.80 bits per heavy atom. The summed E-state index contributed by atoms with van der Waals surface area (Å²) in [5, 5.41) is 3.63. The molecule has 0 aromatic heterocycles. The maximum atomic E-state index is 3.63. The van der Waals surface area contributed by atoms with Gasteiger partial charge in [0, 0.05) is 6.04 Å². The molecule has 0 unspecified atom stereocenters. The van der Waals surface area contributed by atoms with Gasteiger partial charge in [0.1, 0.15) is 0 Å². The monoisotopic (exact) mass is 212 g/mol. The molecule has 1 aliphatic heterocycles. The topological polar surface area (TPSA) is 15.3 Å². The van der Waals surface area contributed by atoms with Crippen LogP contribution in [-0.4, -0.2) is 37.1 Å². The summed E-state index contributed by atoms with van der Waals surface area (Å²) >= 11 is 0. The van der Waals surface area contributed by atoms with Gasteiger partial charge in [0.2, 0.25) is 0 Å². The minimum absolute atomic E-state index is 0.798. The zero-order valence-electron chi connectivity index (χ0n) is 10.6. The fourth-order valence-electron chi connectivity index (χ4n) is 2.29. The van der Waals surface area contributed by atoms with Crippen LogP contribution in [0.1, 0.15) is 52.4 Å². The van der Waals surface area contributed by atoms with E-state index in [-0.39, 0.29) is 0 Å². The summed E-state index contributed by atoms with van der Waals surface area (Å²) in [5.74, 6) is 0. The van der Waals surface area contributed by atoms with E-state index in [2.05, 4.69) is 24.1 Å². The minimum atomic E-state index is 0.798. The van der Waals surface area contributed by atoms with Crippen molar-refractivity contribution in [2.24, 2.45) is 0 Å². The molecule has 0 radical (unpaired) electrons. The molecule has 0 saturated carbocycles. The highest BCUT2D eigenvalue weighted by atomic mass is 15.1. The van der Waals surface area contributed by atoms with Gasteiger partial charge in [-0.3, -0.25) is 0 Å². The molecular weight excluding hydrogens is 184 g/mol. The van der Waals surface area contributed by atoms with Crippen LogP contribution in [0, 0.1) is 0 Å². The van der Waals surface area contributed by atoms with Crippen LogP contribution >= 0.6 is 0 Å². The van der Waals surface area contributed by atoms with Gasteiger partial charge in [0.25, 0.3) is 0 Å². The number of rotatable bonds is 7. The van der Waals surface area contributed by atoms with Crippen LogP contribution in [0.5, 0.6) is 0 Å². The molecule has 0 amide bonds. The highest BCUT2D eigenvalue weighted by molar-refractivity contribution is 4.76. The van der Waals surface area contributed by atoms with E-state index >= 15 is 0 Å². The van der Waals surface area contributed by atoms with E-state index < -0.39 is 0 Å². The van der Waals surface area contributed by atoms with E-state index in [9.17, 15) is 0 Å². The zero-order chi connectivity index (χ0) is 10.9. The van der Waals surface area contributed by atoms with Crippen LogP contribution in [-0.2, 0) is 0 Å². The number of nitrogens with zero attached hydrogens (tertiary/aromatic N) is 1. The first-order chi connectivity index (χ1) is 7.36. The molecular formula is C13H28N2. The molecule has 1 saturated heterocycles. The van der Waals surface area contributed by atoms with Crippen molar-refractivity contribution in [1.82, 2.24) is 10.2 Å². The molecule has 1 N–H and O–H groups in total. The third-order valence-corrected chi connectivity index (χ3v) is 3.35. The van der Waals surface area contributed by atoms with Crippen LogP contribution in [0.2, 0.25) is 0 Å². The van der Waals surface area contributed by atoms with E-state index in [1.54, 1.807) is 0 Å². The molecule has 15 heavy (non-hydrogen) atoms. The zero-order valence-corrected chi connectivity index (χ0v) is 10.6. The van der Waals surface area contributed by atoms with Gasteiger partial charge < -0.3 is 10.2 Å². The van der Waals surface area contributed by atoms with Crippen molar-refractivity contribution >= 4 is 0 Å². The molecule has 0 bridgehead atoms. The third-order valence-electron chi connectivity index (χ3n) is 3.35. The highest BCUT2D eigenvalue weighted by Crippen LogP contribution is 2.11. The highest BCUT2D eigenvalue weighted by Gasteiger charge is 2.17. The fourth-order valence-corrected chi connectivity index (χ4v) is 2.29. The Hall–Kier alpha value is -0.0800. The smallest absolute Gasteiger partial charge is 0.00914 e. The van der Waals surface area contributed by atoms with E-state index in [1.807, 2.05) is 0 Å². The van der Waals surface area contributed by atoms with Crippen LogP contribution in [0.4, 0.5) is 0 Å². The Balaban J connectivity index is 2.02. The Morgan fingerprint density at radius 3 is 2.40 bits per heavy atom. The van der Waals surface area contributed by atoms with Crippen LogP contribution in [0.3, 0.4) is 0 Å². The Labute approximate surface area is 95.4 Å². The van der Waals surface area contributed by atoms with Crippen molar-refractivity contribution in [3.63, 3.8) is 0 Å². The summed E-state index contributed by atoms with van der Waals surface area (Å²) in [4.78, 5) is 2.64. The molecule has 0 spiro atoms. The van der Waals surface area contributed by atoms with Gasteiger partial charge in [-0.25, -0.2) is 0 Å². The van der Waals surface area contributed by atoms with E-state index in [1.165, 1.54) is 64.7 Å². The number of likely N-dealkylation sites (tertiary alicyclic amines) is 1. The van der Waals surface area contributed by atoms with Crippen molar-refractivity contribution < 1.29 is 0 Å². The standard InChI is InChI=1S/C13H28N2/c1-3-5-6-10-15-11-7-13(8-12-15)14-9-4-2/h13-14H,3-12H2,1-2H3. The second kappa shape index (κ2) is 8.12. The SMILES string of the molecule is CCCCCN1CCC(NCCC)CC1. The molecule has 0 atom stereocenters. The lowest BCUT2D eigenvalue weighted by Gasteiger charge is -2.32. The second-order valence-electron chi connectivity index (χ2n) is 4.78. The molecule has 1 rings (SSSR count). The van der Waals surface area contributed by atoms with Gasteiger partial charge in [0.05, 0.1) is 0 Å². The average molecular weight is 212 g/mol. The van der Waals surface area contributed by atoms with Gasteiger partial charge in [-0.15, -0.1) is 0 Å². The van der Waals surface area contributed by atoms with Crippen LogP contribution < -0.4 is 5.32 Å². The predicted octanol–water partition coefficient (Wildman–Crippen LogP) is 2.64. The summed E-state index contributed by atoms with van der Waals surface area (Å²) in [5.41, 5.74) is 0. The summed E-state index contributed by atoms with van der Waals surface area (Å²) < 4.78 is 0. The maximum absolute atomic E-state index is 3.63. The van der Waals surface area contributed by atoms with Crippen molar-refractivity contribution in [1.29, 1.82) is 0 Å². The number of unbranched alkanes of at least 4 members (excludes halogenated alkanes) is 2. The molecule has 0 aromatic rings. The lowest BCUT2D eigenvalue weighted by Crippen LogP contribution is -2.42. The molecule has 2 nitrogen and oxygen atoms in total. The van der Waals surface area contributed by atoms with Crippen molar-refractivity contribution in [2.75, 3.05) is 26.2 Å².